The van der Waals surface area contributed by atoms with Crippen molar-refractivity contribution < 1.29 is 14.6 Å². The SMILES string of the molecule is COc1cc2c(cc1/C(C(C)=N)=C(\C)O)[nH]c1nc(CN3CCOCC3)nc(-c3ccnc4ccccc34)c12. The maximum atomic E-state index is 10.4. The number of aliphatic hydroxyl groups excluding tert-OH is 1. The van der Waals surface area contributed by atoms with Crippen molar-refractivity contribution in [2.45, 2.75) is 20.4 Å². The standard InChI is InChI=1S/C30H30N6O3/c1-17(31)27(18(2)37)22-14-24-21(15-25(22)38-3)28-29(20-8-9-32-23-7-5-4-6-19(20)23)34-26(35-30(28)33-24)16-36-10-12-39-13-11-36/h4-9,14-15,31,37H,10-13,16H2,1-3H3,(H,33,34,35)/b27-18+,31-17?. The number of nitrogens with zero attached hydrogens (tertiary/aromatic N) is 4. The normalized spacial score (nSPS) is 15.2. The molecule has 0 radical (unpaired) electrons. The Morgan fingerprint density at radius 1 is 1.10 bits per heavy atom. The lowest BCUT2D eigenvalue weighted by molar-refractivity contribution is 0.0331. The van der Waals surface area contributed by atoms with Crippen LogP contribution in [-0.2, 0) is 11.3 Å². The van der Waals surface area contributed by atoms with Crippen LogP contribution in [0.3, 0.4) is 0 Å². The summed E-state index contributed by atoms with van der Waals surface area (Å²) in [5, 5.41) is 21.4. The fraction of sp³-hybridized carbons (Fsp3) is 0.267. The second-order valence-electron chi connectivity index (χ2n) is 9.78. The third kappa shape index (κ3) is 4.49. The van der Waals surface area contributed by atoms with Crippen molar-refractivity contribution in [3.63, 3.8) is 0 Å². The van der Waals surface area contributed by atoms with E-state index < -0.39 is 0 Å². The summed E-state index contributed by atoms with van der Waals surface area (Å²) in [4.78, 5) is 20.5. The number of H-pyrrole nitrogens is 1. The van der Waals surface area contributed by atoms with Gasteiger partial charge in [0.05, 0.1) is 49.2 Å². The van der Waals surface area contributed by atoms with Crippen molar-refractivity contribution in [1.29, 1.82) is 5.41 Å². The van der Waals surface area contributed by atoms with Gasteiger partial charge in [-0.25, -0.2) is 9.97 Å². The van der Waals surface area contributed by atoms with Crippen LogP contribution in [0.2, 0.25) is 0 Å². The summed E-state index contributed by atoms with van der Waals surface area (Å²) in [5.41, 5.74) is 5.55. The van der Waals surface area contributed by atoms with Crippen LogP contribution in [0.4, 0.5) is 0 Å². The van der Waals surface area contributed by atoms with Gasteiger partial charge in [-0.1, -0.05) is 18.2 Å². The Kier molecular flexibility index (Phi) is 6.46. The highest BCUT2D eigenvalue weighted by Gasteiger charge is 2.22. The molecule has 0 spiro atoms. The summed E-state index contributed by atoms with van der Waals surface area (Å²) >= 11 is 0. The first-order valence-corrected chi connectivity index (χ1v) is 12.9. The molecule has 1 fully saturated rings. The van der Waals surface area contributed by atoms with Crippen molar-refractivity contribution in [2.24, 2.45) is 0 Å². The van der Waals surface area contributed by atoms with E-state index >= 15 is 0 Å². The zero-order valence-electron chi connectivity index (χ0n) is 22.2. The largest absolute Gasteiger partial charge is 0.512 e. The van der Waals surface area contributed by atoms with Gasteiger partial charge in [0.25, 0.3) is 0 Å². The van der Waals surface area contributed by atoms with Gasteiger partial charge in [0, 0.05) is 58.0 Å². The van der Waals surface area contributed by atoms with Gasteiger partial charge in [-0.05, 0) is 38.1 Å². The Morgan fingerprint density at radius 2 is 1.90 bits per heavy atom. The van der Waals surface area contributed by atoms with Crippen molar-refractivity contribution in [3.8, 4) is 17.0 Å². The first kappa shape index (κ1) is 25.0. The number of aliphatic hydroxyl groups is 1. The van der Waals surface area contributed by atoms with Crippen LogP contribution in [0.15, 0.2) is 54.4 Å². The zero-order chi connectivity index (χ0) is 27.1. The number of rotatable bonds is 6. The van der Waals surface area contributed by atoms with E-state index in [0.717, 1.165) is 63.0 Å². The van der Waals surface area contributed by atoms with Crippen LogP contribution in [0.1, 0.15) is 25.2 Å². The number of para-hydroxylation sites is 1. The highest BCUT2D eigenvalue weighted by molar-refractivity contribution is 6.24. The zero-order valence-corrected chi connectivity index (χ0v) is 22.2. The number of aromatic amines is 1. The molecule has 9 nitrogen and oxygen atoms in total. The molecule has 0 unspecified atom stereocenters. The molecule has 6 rings (SSSR count). The number of methoxy groups -OCH3 is 1. The molecule has 0 saturated carbocycles. The molecule has 1 aliphatic heterocycles. The Bertz CT molecular complexity index is 1760. The average Bonchev–Trinajstić information content (AvgIpc) is 3.29. The fourth-order valence-electron chi connectivity index (χ4n) is 5.43. The van der Waals surface area contributed by atoms with Crippen LogP contribution >= 0.6 is 0 Å². The first-order valence-electron chi connectivity index (χ1n) is 12.9. The number of allylic oxidation sites excluding steroid dienone is 2. The van der Waals surface area contributed by atoms with Crippen LogP contribution in [-0.4, -0.2) is 69.1 Å². The Hall–Kier alpha value is -4.34. The number of hydrogen-bond donors (Lipinski definition) is 3. The maximum absolute atomic E-state index is 10.4. The van der Waals surface area contributed by atoms with Gasteiger partial charge in [-0.15, -0.1) is 0 Å². The predicted octanol–water partition coefficient (Wildman–Crippen LogP) is 5.50. The van der Waals surface area contributed by atoms with E-state index in [9.17, 15) is 5.11 Å². The minimum Gasteiger partial charge on any atom is -0.512 e. The molecule has 0 aliphatic carbocycles. The third-order valence-corrected chi connectivity index (χ3v) is 7.20. The minimum absolute atomic E-state index is 0.0628. The maximum Gasteiger partial charge on any atom is 0.145 e. The van der Waals surface area contributed by atoms with Gasteiger partial charge in [-0.3, -0.25) is 9.88 Å². The molecular formula is C30H30N6O3. The van der Waals surface area contributed by atoms with E-state index in [1.165, 1.54) is 0 Å². The molecule has 3 N–H and O–H groups in total. The van der Waals surface area contributed by atoms with Gasteiger partial charge >= 0.3 is 0 Å². The van der Waals surface area contributed by atoms with Crippen molar-refractivity contribution in [3.05, 3.63) is 65.8 Å². The monoisotopic (exact) mass is 522 g/mol. The summed E-state index contributed by atoms with van der Waals surface area (Å²) in [7, 11) is 1.59. The van der Waals surface area contributed by atoms with Crippen molar-refractivity contribution in [1.82, 2.24) is 24.8 Å². The molecule has 3 aromatic heterocycles. The molecule has 1 saturated heterocycles. The third-order valence-electron chi connectivity index (χ3n) is 7.20. The number of morpholine rings is 1. The number of benzene rings is 2. The molecule has 9 heteroatoms. The Balaban J connectivity index is 1.64. The van der Waals surface area contributed by atoms with Gasteiger partial charge in [-0.2, -0.15) is 0 Å². The smallest absolute Gasteiger partial charge is 0.145 e. The highest BCUT2D eigenvalue weighted by atomic mass is 16.5. The van der Waals surface area contributed by atoms with Crippen LogP contribution in [0, 0.1) is 5.41 Å². The summed E-state index contributed by atoms with van der Waals surface area (Å²) in [6.07, 6.45) is 1.81. The first-order chi connectivity index (χ1) is 18.9. The Morgan fingerprint density at radius 3 is 2.64 bits per heavy atom. The van der Waals surface area contributed by atoms with E-state index in [1.54, 1.807) is 21.0 Å². The van der Waals surface area contributed by atoms with Crippen LogP contribution in [0.5, 0.6) is 5.75 Å². The fourth-order valence-corrected chi connectivity index (χ4v) is 5.43. The lowest BCUT2D eigenvalue weighted by Crippen LogP contribution is -2.36. The number of pyridine rings is 1. The summed E-state index contributed by atoms with van der Waals surface area (Å²) < 4.78 is 11.3. The molecule has 2 aromatic carbocycles. The molecule has 1 aliphatic rings. The van der Waals surface area contributed by atoms with Crippen molar-refractivity contribution in [2.75, 3.05) is 33.4 Å². The summed E-state index contributed by atoms with van der Waals surface area (Å²) in [6.45, 7) is 6.92. The van der Waals surface area contributed by atoms with Gasteiger partial charge in [0.1, 0.15) is 17.2 Å². The molecule has 5 aromatic rings. The number of fused-ring (bicyclic) bond motifs is 4. The van der Waals surface area contributed by atoms with E-state index in [-0.39, 0.29) is 11.5 Å². The second-order valence-corrected chi connectivity index (χ2v) is 9.78. The molecule has 198 valence electrons. The molecular weight excluding hydrogens is 492 g/mol. The molecule has 0 bridgehead atoms. The Labute approximate surface area is 225 Å². The van der Waals surface area contributed by atoms with Crippen LogP contribution < -0.4 is 4.74 Å². The number of aromatic nitrogens is 4. The van der Waals surface area contributed by atoms with Gasteiger partial charge < -0.3 is 25.0 Å². The highest BCUT2D eigenvalue weighted by Crippen LogP contribution is 2.40. The second kappa shape index (κ2) is 10.1. The van der Waals surface area contributed by atoms with E-state index in [4.69, 9.17) is 24.9 Å². The predicted molar refractivity (Wildman–Crippen MR) is 153 cm³/mol. The molecule has 0 atom stereocenters. The molecule has 39 heavy (non-hydrogen) atoms. The van der Waals surface area contributed by atoms with E-state index in [2.05, 4.69) is 20.9 Å². The summed E-state index contributed by atoms with van der Waals surface area (Å²) in [6, 6.07) is 13.9. The lowest BCUT2D eigenvalue weighted by atomic mass is 9.97. The quantitative estimate of drug-likeness (QED) is 0.199. The molecule has 4 heterocycles. The topological polar surface area (TPSA) is 120 Å². The van der Waals surface area contributed by atoms with Gasteiger partial charge in [0.2, 0.25) is 0 Å². The average molecular weight is 523 g/mol. The van der Waals surface area contributed by atoms with Gasteiger partial charge in [0.15, 0.2) is 0 Å². The molecule has 0 amide bonds. The van der Waals surface area contributed by atoms with Crippen LogP contribution in [0.25, 0.3) is 49.7 Å². The number of ether oxygens (including phenoxy) is 2. The summed E-state index contributed by atoms with van der Waals surface area (Å²) in [5.74, 6) is 1.34. The van der Waals surface area contributed by atoms with Crippen molar-refractivity contribution >= 4 is 44.1 Å². The van der Waals surface area contributed by atoms with E-state index in [1.807, 2.05) is 42.6 Å². The lowest BCUT2D eigenvalue weighted by Gasteiger charge is -2.25. The number of hydrogen-bond acceptors (Lipinski definition) is 8. The minimum atomic E-state index is 0.0628. The van der Waals surface area contributed by atoms with E-state index in [0.29, 0.717) is 36.6 Å². The number of nitrogens with one attached hydrogen (secondary N) is 2.